The van der Waals surface area contributed by atoms with Crippen molar-refractivity contribution in [2.75, 3.05) is 19.8 Å². The normalized spacial score (nSPS) is 10.8. The van der Waals surface area contributed by atoms with Gasteiger partial charge in [0.1, 0.15) is 5.82 Å². The van der Waals surface area contributed by atoms with E-state index in [0.717, 1.165) is 10.3 Å². The number of thiophene rings is 1. The second kappa shape index (κ2) is 6.83. The van der Waals surface area contributed by atoms with Crippen LogP contribution in [0.5, 0.6) is 0 Å². The quantitative estimate of drug-likeness (QED) is 0.653. The fourth-order valence-electron chi connectivity index (χ4n) is 2.03. The van der Waals surface area contributed by atoms with Crippen molar-refractivity contribution < 1.29 is 13.9 Å². The van der Waals surface area contributed by atoms with E-state index in [9.17, 15) is 9.18 Å². The Morgan fingerprint density at radius 1 is 1.48 bits per heavy atom. The molecule has 1 aromatic carbocycles. The summed E-state index contributed by atoms with van der Waals surface area (Å²) >= 11 is 1.31. The van der Waals surface area contributed by atoms with Gasteiger partial charge >= 0.3 is 0 Å². The summed E-state index contributed by atoms with van der Waals surface area (Å²) in [4.78, 5) is 12.7. The molecule has 112 valence electrons. The molecular formula is C16H18FNO2S. The minimum Gasteiger partial charge on any atom is -0.375 e. The average molecular weight is 307 g/mol. The molecular weight excluding hydrogens is 289 g/mol. The van der Waals surface area contributed by atoms with Gasteiger partial charge in [-0.3, -0.25) is 4.79 Å². The van der Waals surface area contributed by atoms with E-state index < -0.39 is 0 Å². The molecule has 0 bridgehead atoms. The number of carbonyl (C=O) groups is 1. The molecule has 0 radical (unpaired) electrons. The monoisotopic (exact) mass is 307 g/mol. The molecule has 0 spiro atoms. The summed E-state index contributed by atoms with van der Waals surface area (Å²) in [6, 6.07) is 4.89. The highest BCUT2D eigenvalue weighted by Crippen LogP contribution is 2.32. The standard InChI is InChI=1S/C16H18FNO2S/c1-10(2)9-20-8-7-18-16(19)15-11(3)14-12(17)5-4-6-13(14)21-15/h4-6H,1,7-9H2,2-3H3,(H,18,19). The van der Waals surface area contributed by atoms with E-state index in [1.54, 1.807) is 13.0 Å². The number of benzene rings is 1. The lowest BCUT2D eigenvalue weighted by atomic mass is 10.1. The zero-order valence-electron chi connectivity index (χ0n) is 12.2. The first-order valence-corrected chi connectivity index (χ1v) is 7.50. The molecule has 3 nitrogen and oxygen atoms in total. The summed E-state index contributed by atoms with van der Waals surface area (Å²) in [5.74, 6) is -0.475. The summed E-state index contributed by atoms with van der Waals surface area (Å²) in [5.41, 5.74) is 1.63. The molecule has 0 saturated carbocycles. The van der Waals surface area contributed by atoms with Crippen LogP contribution in [0.2, 0.25) is 0 Å². The topological polar surface area (TPSA) is 38.3 Å². The van der Waals surface area contributed by atoms with Gasteiger partial charge in [-0.1, -0.05) is 18.2 Å². The van der Waals surface area contributed by atoms with Crippen LogP contribution in [0.3, 0.4) is 0 Å². The van der Waals surface area contributed by atoms with E-state index >= 15 is 0 Å². The third kappa shape index (κ3) is 3.68. The van der Waals surface area contributed by atoms with Crippen LogP contribution in [0.4, 0.5) is 4.39 Å². The minimum absolute atomic E-state index is 0.188. The number of aryl methyl sites for hydroxylation is 1. The number of ether oxygens (including phenoxy) is 1. The molecule has 0 saturated heterocycles. The number of nitrogens with one attached hydrogen (secondary N) is 1. The molecule has 1 N–H and O–H groups in total. The van der Waals surface area contributed by atoms with E-state index in [1.807, 2.05) is 13.0 Å². The van der Waals surface area contributed by atoms with Gasteiger partial charge in [0.05, 0.1) is 18.1 Å². The Bertz CT molecular complexity index is 678. The van der Waals surface area contributed by atoms with Crippen LogP contribution in [0.1, 0.15) is 22.2 Å². The Hall–Kier alpha value is -1.72. The van der Waals surface area contributed by atoms with Crippen molar-refractivity contribution in [3.05, 3.63) is 46.6 Å². The van der Waals surface area contributed by atoms with Crippen molar-refractivity contribution in [1.82, 2.24) is 5.32 Å². The van der Waals surface area contributed by atoms with Crippen LogP contribution in [-0.4, -0.2) is 25.7 Å². The smallest absolute Gasteiger partial charge is 0.261 e. The van der Waals surface area contributed by atoms with Crippen LogP contribution in [0.25, 0.3) is 10.1 Å². The van der Waals surface area contributed by atoms with Gasteiger partial charge in [0.15, 0.2) is 0 Å². The van der Waals surface area contributed by atoms with Crippen LogP contribution in [0.15, 0.2) is 30.4 Å². The molecule has 1 aromatic heterocycles. The Labute approximate surface area is 127 Å². The van der Waals surface area contributed by atoms with Gasteiger partial charge in [-0.2, -0.15) is 0 Å². The van der Waals surface area contributed by atoms with Gasteiger partial charge in [0.2, 0.25) is 0 Å². The summed E-state index contributed by atoms with van der Waals surface area (Å²) in [7, 11) is 0. The molecule has 0 aliphatic heterocycles. The highest BCUT2D eigenvalue weighted by molar-refractivity contribution is 7.21. The van der Waals surface area contributed by atoms with Crippen LogP contribution in [-0.2, 0) is 4.74 Å². The van der Waals surface area contributed by atoms with Gasteiger partial charge in [-0.15, -0.1) is 11.3 Å². The molecule has 2 aromatic rings. The van der Waals surface area contributed by atoms with E-state index in [-0.39, 0.29) is 11.7 Å². The molecule has 1 amide bonds. The molecule has 2 rings (SSSR count). The Morgan fingerprint density at radius 2 is 2.24 bits per heavy atom. The first kappa shape index (κ1) is 15.7. The van der Waals surface area contributed by atoms with Gasteiger partial charge in [-0.25, -0.2) is 4.39 Å². The molecule has 5 heteroatoms. The molecule has 0 fully saturated rings. The maximum Gasteiger partial charge on any atom is 0.261 e. The number of carbonyl (C=O) groups excluding carboxylic acids is 1. The zero-order valence-corrected chi connectivity index (χ0v) is 13.0. The van der Waals surface area contributed by atoms with Crippen LogP contribution in [0, 0.1) is 12.7 Å². The largest absolute Gasteiger partial charge is 0.375 e. The Kier molecular flexibility index (Phi) is 5.09. The SMILES string of the molecule is C=C(C)COCCNC(=O)c1sc2cccc(F)c2c1C. The second-order valence-electron chi connectivity index (χ2n) is 4.93. The fraction of sp³-hybridized carbons (Fsp3) is 0.312. The average Bonchev–Trinajstić information content (AvgIpc) is 2.76. The molecule has 21 heavy (non-hydrogen) atoms. The van der Waals surface area contributed by atoms with Crippen LogP contribution >= 0.6 is 11.3 Å². The molecule has 0 unspecified atom stereocenters. The van der Waals surface area contributed by atoms with Gasteiger partial charge < -0.3 is 10.1 Å². The van der Waals surface area contributed by atoms with Crippen molar-refractivity contribution in [1.29, 1.82) is 0 Å². The number of hydrogen-bond donors (Lipinski definition) is 1. The van der Waals surface area contributed by atoms with Crippen molar-refractivity contribution in [3.63, 3.8) is 0 Å². The summed E-state index contributed by atoms with van der Waals surface area (Å²) in [5, 5.41) is 3.32. The highest BCUT2D eigenvalue weighted by Gasteiger charge is 2.17. The lowest BCUT2D eigenvalue weighted by Crippen LogP contribution is -2.27. The zero-order chi connectivity index (χ0) is 15.4. The predicted molar refractivity (Wildman–Crippen MR) is 84.5 cm³/mol. The molecule has 0 aliphatic rings. The number of halogens is 1. The minimum atomic E-state index is -0.287. The van der Waals surface area contributed by atoms with Crippen molar-refractivity contribution >= 4 is 27.3 Å². The van der Waals surface area contributed by atoms with Crippen molar-refractivity contribution in [2.45, 2.75) is 13.8 Å². The summed E-state index contributed by atoms with van der Waals surface area (Å²) in [6.45, 7) is 8.72. The summed E-state index contributed by atoms with van der Waals surface area (Å²) in [6.07, 6.45) is 0. The van der Waals surface area contributed by atoms with Crippen molar-refractivity contribution in [2.24, 2.45) is 0 Å². The number of hydrogen-bond acceptors (Lipinski definition) is 3. The molecule has 0 aliphatic carbocycles. The van der Waals surface area contributed by atoms with E-state index in [0.29, 0.717) is 35.6 Å². The van der Waals surface area contributed by atoms with Crippen LogP contribution < -0.4 is 5.32 Å². The number of rotatable bonds is 6. The predicted octanol–water partition coefficient (Wildman–Crippen LogP) is 3.67. The highest BCUT2D eigenvalue weighted by atomic mass is 32.1. The molecule has 1 heterocycles. The fourth-order valence-corrected chi connectivity index (χ4v) is 3.17. The van der Waals surface area contributed by atoms with E-state index in [4.69, 9.17) is 4.74 Å². The summed E-state index contributed by atoms with van der Waals surface area (Å²) < 4.78 is 19.9. The van der Waals surface area contributed by atoms with Gasteiger partial charge in [0.25, 0.3) is 5.91 Å². The Morgan fingerprint density at radius 3 is 2.90 bits per heavy atom. The maximum absolute atomic E-state index is 13.8. The number of amides is 1. The first-order chi connectivity index (χ1) is 10.0. The van der Waals surface area contributed by atoms with Gasteiger partial charge in [0, 0.05) is 16.6 Å². The number of fused-ring (bicyclic) bond motifs is 1. The van der Waals surface area contributed by atoms with E-state index in [1.165, 1.54) is 17.4 Å². The maximum atomic E-state index is 13.8. The molecule has 0 atom stereocenters. The third-order valence-corrected chi connectivity index (χ3v) is 4.25. The van der Waals surface area contributed by atoms with E-state index in [2.05, 4.69) is 11.9 Å². The van der Waals surface area contributed by atoms with Crippen molar-refractivity contribution in [3.8, 4) is 0 Å². The van der Waals surface area contributed by atoms with Gasteiger partial charge in [-0.05, 0) is 31.5 Å². The Balaban J connectivity index is 2.01. The first-order valence-electron chi connectivity index (χ1n) is 6.68. The lowest BCUT2D eigenvalue weighted by Gasteiger charge is -2.06. The second-order valence-corrected chi connectivity index (χ2v) is 5.99. The third-order valence-electron chi connectivity index (χ3n) is 2.99. The lowest BCUT2D eigenvalue weighted by molar-refractivity contribution is 0.0930.